The Balaban J connectivity index is 1.69. The molecule has 4 nitrogen and oxygen atoms in total. The van der Waals surface area contributed by atoms with Crippen molar-refractivity contribution in [2.45, 2.75) is 12.8 Å². The molecular formula is C15H13ClN2O2S. The fourth-order valence-corrected chi connectivity index (χ4v) is 3.21. The molecule has 108 valence electrons. The summed E-state index contributed by atoms with van der Waals surface area (Å²) >= 11 is 7.06. The summed E-state index contributed by atoms with van der Waals surface area (Å²) in [4.78, 5) is 26.0. The number of amides is 2. The van der Waals surface area contributed by atoms with E-state index in [0.29, 0.717) is 21.3 Å². The van der Waals surface area contributed by atoms with Gasteiger partial charge in [0.1, 0.15) is 0 Å². The van der Waals surface area contributed by atoms with Gasteiger partial charge in [-0.15, -0.1) is 11.3 Å². The molecule has 1 aromatic carbocycles. The molecule has 1 saturated heterocycles. The van der Waals surface area contributed by atoms with Crippen LogP contribution in [0, 0.1) is 0 Å². The van der Waals surface area contributed by atoms with E-state index < -0.39 is 0 Å². The van der Waals surface area contributed by atoms with Crippen LogP contribution in [-0.4, -0.2) is 18.4 Å². The van der Waals surface area contributed by atoms with E-state index in [9.17, 15) is 9.59 Å². The highest BCUT2D eigenvalue weighted by molar-refractivity contribution is 7.18. The molecule has 0 saturated carbocycles. The summed E-state index contributed by atoms with van der Waals surface area (Å²) in [7, 11) is 0. The normalized spacial score (nSPS) is 14.5. The zero-order valence-corrected chi connectivity index (χ0v) is 12.7. The molecule has 2 heterocycles. The third-order valence-electron chi connectivity index (χ3n) is 3.31. The van der Waals surface area contributed by atoms with Crippen molar-refractivity contribution in [2.75, 3.05) is 16.8 Å². The first kappa shape index (κ1) is 14.1. The Bertz CT molecular complexity index is 681. The monoisotopic (exact) mass is 320 g/mol. The largest absolute Gasteiger partial charge is 0.321 e. The molecule has 3 rings (SSSR count). The van der Waals surface area contributed by atoms with E-state index in [1.807, 2.05) is 12.1 Å². The average Bonchev–Trinajstić information content (AvgIpc) is 3.08. The number of benzene rings is 1. The van der Waals surface area contributed by atoms with Crippen LogP contribution in [-0.2, 0) is 4.79 Å². The molecule has 0 bridgehead atoms. The topological polar surface area (TPSA) is 49.4 Å². The Morgan fingerprint density at radius 3 is 2.52 bits per heavy atom. The van der Waals surface area contributed by atoms with Gasteiger partial charge >= 0.3 is 0 Å². The van der Waals surface area contributed by atoms with E-state index in [4.69, 9.17) is 11.6 Å². The lowest BCUT2D eigenvalue weighted by Gasteiger charge is -2.16. The summed E-state index contributed by atoms with van der Waals surface area (Å²) in [5, 5.41) is 2.81. The van der Waals surface area contributed by atoms with Gasteiger partial charge in [0.05, 0.1) is 9.21 Å². The minimum atomic E-state index is -0.183. The maximum absolute atomic E-state index is 12.0. The number of anilines is 2. The van der Waals surface area contributed by atoms with Crippen LogP contribution in [0.15, 0.2) is 36.4 Å². The molecule has 0 spiro atoms. The molecule has 1 aliphatic rings. The highest BCUT2D eigenvalue weighted by Crippen LogP contribution is 2.25. The molecule has 0 atom stereocenters. The lowest BCUT2D eigenvalue weighted by atomic mass is 10.2. The Kier molecular flexibility index (Phi) is 3.94. The lowest BCUT2D eigenvalue weighted by Crippen LogP contribution is -2.23. The summed E-state index contributed by atoms with van der Waals surface area (Å²) in [6.07, 6.45) is 1.51. The lowest BCUT2D eigenvalue weighted by molar-refractivity contribution is -0.117. The van der Waals surface area contributed by atoms with Gasteiger partial charge in [-0.05, 0) is 42.8 Å². The van der Waals surface area contributed by atoms with E-state index in [2.05, 4.69) is 5.32 Å². The molecule has 1 aliphatic heterocycles. The summed E-state index contributed by atoms with van der Waals surface area (Å²) < 4.78 is 0.586. The Labute approximate surface area is 131 Å². The fraction of sp³-hybridized carbons (Fsp3) is 0.200. The molecule has 1 fully saturated rings. The van der Waals surface area contributed by atoms with Crippen molar-refractivity contribution < 1.29 is 9.59 Å². The van der Waals surface area contributed by atoms with Gasteiger partial charge in [-0.1, -0.05) is 11.6 Å². The molecule has 21 heavy (non-hydrogen) atoms. The van der Waals surface area contributed by atoms with E-state index in [1.54, 1.807) is 29.2 Å². The maximum Gasteiger partial charge on any atom is 0.265 e. The minimum Gasteiger partial charge on any atom is -0.321 e. The number of halogens is 1. The van der Waals surface area contributed by atoms with Crippen LogP contribution in [0.3, 0.4) is 0 Å². The summed E-state index contributed by atoms with van der Waals surface area (Å²) in [5.41, 5.74) is 1.56. The number of hydrogen-bond donors (Lipinski definition) is 1. The zero-order chi connectivity index (χ0) is 14.8. The van der Waals surface area contributed by atoms with Crippen molar-refractivity contribution in [3.8, 4) is 0 Å². The fourth-order valence-electron chi connectivity index (χ4n) is 2.27. The van der Waals surface area contributed by atoms with Gasteiger partial charge < -0.3 is 10.2 Å². The number of thiophene rings is 1. The molecule has 6 heteroatoms. The van der Waals surface area contributed by atoms with Crippen molar-refractivity contribution in [3.63, 3.8) is 0 Å². The van der Waals surface area contributed by atoms with Gasteiger partial charge in [-0.25, -0.2) is 0 Å². The van der Waals surface area contributed by atoms with Crippen LogP contribution in [0.1, 0.15) is 22.5 Å². The predicted octanol–water partition coefficient (Wildman–Crippen LogP) is 3.78. The van der Waals surface area contributed by atoms with Crippen LogP contribution in [0.4, 0.5) is 11.4 Å². The van der Waals surface area contributed by atoms with E-state index in [-0.39, 0.29) is 11.8 Å². The van der Waals surface area contributed by atoms with E-state index in [0.717, 1.165) is 18.7 Å². The first-order valence-electron chi connectivity index (χ1n) is 6.60. The van der Waals surface area contributed by atoms with Gasteiger partial charge in [0, 0.05) is 24.3 Å². The molecule has 0 radical (unpaired) electrons. The number of carbonyl (C=O) groups excluding carboxylic acids is 2. The van der Waals surface area contributed by atoms with Crippen LogP contribution < -0.4 is 10.2 Å². The SMILES string of the molecule is O=C(Nc1ccc(N2CCCC2=O)cc1)c1ccc(Cl)s1. The van der Waals surface area contributed by atoms with Crippen molar-refractivity contribution >= 4 is 46.1 Å². The zero-order valence-electron chi connectivity index (χ0n) is 11.1. The van der Waals surface area contributed by atoms with Crippen LogP contribution in [0.5, 0.6) is 0 Å². The minimum absolute atomic E-state index is 0.153. The van der Waals surface area contributed by atoms with Gasteiger partial charge in [0.15, 0.2) is 0 Å². The number of rotatable bonds is 3. The first-order chi connectivity index (χ1) is 10.1. The summed E-state index contributed by atoms with van der Waals surface area (Å²) in [5.74, 6) is -0.0306. The molecule has 0 unspecified atom stereocenters. The quantitative estimate of drug-likeness (QED) is 0.935. The molecular weight excluding hydrogens is 308 g/mol. The molecule has 2 amide bonds. The molecule has 0 aliphatic carbocycles. The second kappa shape index (κ2) is 5.87. The second-order valence-electron chi connectivity index (χ2n) is 4.75. The van der Waals surface area contributed by atoms with Crippen molar-refractivity contribution in [1.29, 1.82) is 0 Å². The summed E-state index contributed by atoms with van der Waals surface area (Å²) in [6, 6.07) is 10.7. The highest BCUT2D eigenvalue weighted by atomic mass is 35.5. The average molecular weight is 321 g/mol. The van der Waals surface area contributed by atoms with Crippen molar-refractivity contribution in [1.82, 2.24) is 0 Å². The summed E-state index contributed by atoms with van der Waals surface area (Å²) in [6.45, 7) is 0.762. The van der Waals surface area contributed by atoms with Gasteiger partial charge in [0.25, 0.3) is 5.91 Å². The van der Waals surface area contributed by atoms with Crippen LogP contribution >= 0.6 is 22.9 Å². The van der Waals surface area contributed by atoms with Gasteiger partial charge in [0.2, 0.25) is 5.91 Å². The second-order valence-corrected chi connectivity index (χ2v) is 6.47. The Morgan fingerprint density at radius 2 is 1.95 bits per heavy atom. The van der Waals surface area contributed by atoms with E-state index >= 15 is 0 Å². The van der Waals surface area contributed by atoms with Crippen LogP contribution in [0.2, 0.25) is 4.34 Å². The highest BCUT2D eigenvalue weighted by Gasteiger charge is 2.21. The number of carbonyl (C=O) groups is 2. The van der Waals surface area contributed by atoms with E-state index in [1.165, 1.54) is 11.3 Å². The van der Waals surface area contributed by atoms with Crippen LogP contribution in [0.25, 0.3) is 0 Å². The molecule has 2 aromatic rings. The van der Waals surface area contributed by atoms with Gasteiger partial charge in [-0.2, -0.15) is 0 Å². The van der Waals surface area contributed by atoms with Crippen molar-refractivity contribution in [2.24, 2.45) is 0 Å². The number of nitrogens with one attached hydrogen (secondary N) is 1. The first-order valence-corrected chi connectivity index (χ1v) is 7.80. The number of nitrogens with zero attached hydrogens (tertiary/aromatic N) is 1. The van der Waals surface area contributed by atoms with Crippen molar-refractivity contribution in [3.05, 3.63) is 45.6 Å². The third kappa shape index (κ3) is 3.09. The standard InChI is InChI=1S/C15H13ClN2O2S/c16-13-8-7-12(21-13)15(20)17-10-3-5-11(6-4-10)18-9-1-2-14(18)19/h3-8H,1-2,9H2,(H,17,20). The maximum atomic E-state index is 12.0. The Hall–Kier alpha value is -1.85. The Morgan fingerprint density at radius 1 is 1.19 bits per heavy atom. The number of hydrogen-bond acceptors (Lipinski definition) is 3. The van der Waals surface area contributed by atoms with Gasteiger partial charge in [-0.3, -0.25) is 9.59 Å². The molecule has 1 N–H and O–H groups in total. The molecule has 1 aromatic heterocycles. The predicted molar refractivity (Wildman–Crippen MR) is 85.3 cm³/mol. The third-order valence-corrected chi connectivity index (χ3v) is 4.54. The smallest absolute Gasteiger partial charge is 0.265 e.